The first-order valence-electron chi connectivity index (χ1n) is 3.97. The van der Waals surface area contributed by atoms with Gasteiger partial charge in [-0.2, -0.15) is 0 Å². The highest BCUT2D eigenvalue weighted by molar-refractivity contribution is 14.1. The monoisotopic (exact) mass is 295 g/mol. The van der Waals surface area contributed by atoms with Crippen LogP contribution in [-0.4, -0.2) is 11.7 Å². The summed E-state index contributed by atoms with van der Waals surface area (Å²) in [6.45, 7) is -0.0222. The standard InChI is InChI=1S/C9H11FINO/c10-6-2-1-3-7(11)9(6)8(12)4-5-13/h1-3,8,13H,4-5,12H2/t8-/m1/s1. The van der Waals surface area contributed by atoms with E-state index in [0.717, 1.165) is 3.57 Å². The molecule has 1 rings (SSSR count). The van der Waals surface area contributed by atoms with Crippen molar-refractivity contribution in [2.45, 2.75) is 12.5 Å². The van der Waals surface area contributed by atoms with Crippen molar-refractivity contribution in [3.8, 4) is 0 Å². The Morgan fingerprint density at radius 3 is 2.77 bits per heavy atom. The fourth-order valence-electron chi connectivity index (χ4n) is 1.15. The molecule has 1 atom stereocenters. The maximum Gasteiger partial charge on any atom is 0.129 e. The zero-order valence-electron chi connectivity index (χ0n) is 7.00. The third-order valence-electron chi connectivity index (χ3n) is 1.81. The van der Waals surface area contributed by atoms with Gasteiger partial charge in [0.1, 0.15) is 5.82 Å². The molecule has 0 saturated carbocycles. The summed E-state index contributed by atoms with van der Waals surface area (Å²) in [4.78, 5) is 0. The van der Waals surface area contributed by atoms with Crippen molar-refractivity contribution >= 4 is 22.6 Å². The molecular weight excluding hydrogens is 284 g/mol. The van der Waals surface area contributed by atoms with Gasteiger partial charge in [0.15, 0.2) is 0 Å². The quantitative estimate of drug-likeness (QED) is 0.836. The topological polar surface area (TPSA) is 46.2 Å². The lowest BCUT2D eigenvalue weighted by atomic mass is 10.0. The number of aliphatic hydroxyl groups excluding tert-OH is 1. The van der Waals surface area contributed by atoms with Gasteiger partial charge in [-0.1, -0.05) is 6.07 Å². The molecule has 0 aliphatic carbocycles. The lowest BCUT2D eigenvalue weighted by Crippen LogP contribution is -2.15. The highest BCUT2D eigenvalue weighted by atomic mass is 127. The summed E-state index contributed by atoms with van der Waals surface area (Å²) < 4.78 is 14.1. The molecule has 13 heavy (non-hydrogen) atoms. The molecule has 0 fully saturated rings. The molecular formula is C9H11FINO. The number of aliphatic hydroxyl groups is 1. The minimum Gasteiger partial charge on any atom is -0.396 e. The highest BCUT2D eigenvalue weighted by Crippen LogP contribution is 2.23. The van der Waals surface area contributed by atoms with Crippen LogP contribution in [0.25, 0.3) is 0 Å². The largest absolute Gasteiger partial charge is 0.396 e. The summed E-state index contributed by atoms with van der Waals surface area (Å²) in [5.74, 6) is -0.298. The summed E-state index contributed by atoms with van der Waals surface area (Å²) in [6.07, 6.45) is 0.386. The summed E-state index contributed by atoms with van der Waals surface area (Å²) >= 11 is 2.04. The van der Waals surface area contributed by atoms with Crippen LogP contribution in [0.1, 0.15) is 18.0 Å². The molecule has 1 aromatic rings. The molecule has 72 valence electrons. The average Bonchev–Trinajstić information content (AvgIpc) is 2.04. The van der Waals surface area contributed by atoms with Crippen LogP contribution in [0.4, 0.5) is 4.39 Å². The van der Waals surface area contributed by atoms with Gasteiger partial charge in [-0.3, -0.25) is 0 Å². The van der Waals surface area contributed by atoms with Gasteiger partial charge in [0, 0.05) is 21.8 Å². The molecule has 0 aliphatic heterocycles. The maximum atomic E-state index is 13.3. The fourth-order valence-corrected chi connectivity index (χ4v) is 2.01. The first-order valence-corrected chi connectivity index (χ1v) is 5.05. The Hall–Kier alpha value is -0.200. The van der Waals surface area contributed by atoms with E-state index in [-0.39, 0.29) is 12.4 Å². The Labute approximate surface area is 90.1 Å². The molecule has 2 nitrogen and oxygen atoms in total. The van der Waals surface area contributed by atoms with Crippen LogP contribution in [0.15, 0.2) is 18.2 Å². The van der Waals surface area contributed by atoms with Crippen LogP contribution < -0.4 is 5.73 Å². The van der Waals surface area contributed by atoms with E-state index < -0.39 is 6.04 Å². The molecule has 0 aromatic heterocycles. The number of rotatable bonds is 3. The minimum atomic E-state index is -0.418. The SMILES string of the molecule is N[C@H](CCO)c1c(F)cccc1I. The molecule has 4 heteroatoms. The van der Waals surface area contributed by atoms with Gasteiger partial charge in [0.05, 0.1) is 0 Å². The summed E-state index contributed by atoms with van der Waals surface area (Å²) in [5.41, 5.74) is 6.20. The highest BCUT2D eigenvalue weighted by Gasteiger charge is 2.13. The van der Waals surface area contributed by atoms with E-state index in [4.69, 9.17) is 10.8 Å². The van der Waals surface area contributed by atoms with E-state index in [9.17, 15) is 4.39 Å². The summed E-state index contributed by atoms with van der Waals surface area (Å²) in [5, 5.41) is 8.67. The average molecular weight is 295 g/mol. The molecule has 0 bridgehead atoms. The number of hydrogen-bond donors (Lipinski definition) is 2. The normalized spacial score (nSPS) is 12.9. The van der Waals surface area contributed by atoms with Gasteiger partial charge in [0.25, 0.3) is 0 Å². The van der Waals surface area contributed by atoms with Crippen molar-refractivity contribution in [2.75, 3.05) is 6.61 Å². The molecule has 0 radical (unpaired) electrons. The minimum absolute atomic E-state index is 0.0222. The first-order chi connectivity index (χ1) is 6.16. The van der Waals surface area contributed by atoms with E-state index in [1.165, 1.54) is 6.07 Å². The number of hydrogen-bond acceptors (Lipinski definition) is 2. The summed E-state index contributed by atoms with van der Waals surface area (Å²) in [7, 11) is 0. The van der Waals surface area contributed by atoms with E-state index >= 15 is 0 Å². The van der Waals surface area contributed by atoms with Gasteiger partial charge < -0.3 is 10.8 Å². The van der Waals surface area contributed by atoms with Gasteiger partial charge in [-0.15, -0.1) is 0 Å². The Morgan fingerprint density at radius 1 is 1.54 bits per heavy atom. The Bertz CT molecular complexity index is 273. The lowest BCUT2D eigenvalue weighted by molar-refractivity contribution is 0.275. The smallest absolute Gasteiger partial charge is 0.129 e. The van der Waals surface area contributed by atoms with Gasteiger partial charge in [-0.25, -0.2) is 4.39 Å². The second-order valence-electron chi connectivity index (χ2n) is 2.75. The molecule has 0 aliphatic rings. The zero-order valence-corrected chi connectivity index (χ0v) is 9.16. The van der Waals surface area contributed by atoms with Crippen molar-refractivity contribution in [3.05, 3.63) is 33.1 Å². The van der Waals surface area contributed by atoms with Crippen molar-refractivity contribution in [1.29, 1.82) is 0 Å². The van der Waals surface area contributed by atoms with Crippen LogP contribution in [-0.2, 0) is 0 Å². The molecule has 0 saturated heterocycles. The van der Waals surface area contributed by atoms with E-state index in [1.54, 1.807) is 12.1 Å². The van der Waals surface area contributed by atoms with E-state index in [2.05, 4.69) is 0 Å². The predicted octanol–water partition coefficient (Wildman–Crippen LogP) is 1.81. The number of nitrogens with two attached hydrogens (primary N) is 1. The van der Waals surface area contributed by atoms with Crippen LogP contribution >= 0.6 is 22.6 Å². The van der Waals surface area contributed by atoms with Crippen LogP contribution in [0, 0.1) is 9.39 Å². The second-order valence-corrected chi connectivity index (χ2v) is 3.92. The fraction of sp³-hybridized carbons (Fsp3) is 0.333. The van der Waals surface area contributed by atoms with Crippen molar-refractivity contribution in [2.24, 2.45) is 5.73 Å². The third kappa shape index (κ3) is 2.62. The van der Waals surface area contributed by atoms with E-state index in [1.807, 2.05) is 22.6 Å². The Kier molecular flexibility index (Phi) is 4.08. The molecule has 0 unspecified atom stereocenters. The van der Waals surface area contributed by atoms with Crippen LogP contribution in [0.3, 0.4) is 0 Å². The second kappa shape index (κ2) is 4.88. The van der Waals surface area contributed by atoms with E-state index in [0.29, 0.717) is 12.0 Å². The molecule has 3 N–H and O–H groups in total. The molecule has 1 aromatic carbocycles. The Balaban J connectivity index is 2.98. The van der Waals surface area contributed by atoms with Crippen molar-refractivity contribution in [3.63, 3.8) is 0 Å². The van der Waals surface area contributed by atoms with Crippen molar-refractivity contribution in [1.82, 2.24) is 0 Å². The third-order valence-corrected chi connectivity index (χ3v) is 2.75. The van der Waals surface area contributed by atoms with Gasteiger partial charge in [0.2, 0.25) is 0 Å². The number of benzene rings is 1. The van der Waals surface area contributed by atoms with Crippen molar-refractivity contribution < 1.29 is 9.50 Å². The van der Waals surface area contributed by atoms with Crippen LogP contribution in [0.5, 0.6) is 0 Å². The molecule has 0 spiro atoms. The first kappa shape index (κ1) is 10.9. The maximum absolute atomic E-state index is 13.3. The number of halogens is 2. The Morgan fingerprint density at radius 2 is 2.23 bits per heavy atom. The summed E-state index contributed by atoms with van der Waals surface area (Å²) in [6, 6.07) is 4.41. The lowest BCUT2D eigenvalue weighted by Gasteiger charge is -2.13. The molecule has 0 heterocycles. The van der Waals surface area contributed by atoms with Crippen LogP contribution in [0.2, 0.25) is 0 Å². The predicted molar refractivity (Wildman–Crippen MR) is 57.7 cm³/mol. The molecule has 0 amide bonds. The zero-order chi connectivity index (χ0) is 9.84. The van der Waals surface area contributed by atoms with Gasteiger partial charge in [-0.05, 0) is 41.1 Å². The van der Waals surface area contributed by atoms with Gasteiger partial charge >= 0.3 is 0 Å².